The van der Waals surface area contributed by atoms with Gasteiger partial charge in [0.2, 0.25) is 5.95 Å². The molecule has 5 aromatic rings. The zero-order valence-corrected chi connectivity index (χ0v) is 18.4. The molecule has 0 aliphatic rings. The first-order valence-electron chi connectivity index (χ1n) is 10.2. The number of halogens is 1. The van der Waals surface area contributed by atoms with Crippen LogP contribution in [0.1, 0.15) is 25.6 Å². The molecule has 0 spiro atoms. The third kappa shape index (κ3) is 3.04. The number of hydrogen-bond donors (Lipinski definition) is 3. The Kier molecular flexibility index (Phi) is 4.54. The highest BCUT2D eigenvalue weighted by Crippen LogP contribution is 2.37. The van der Waals surface area contributed by atoms with E-state index in [1.807, 2.05) is 38.7 Å². The molecule has 0 unspecified atom stereocenters. The second-order valence-electron chi connectivity index (χ2n) is 7.91. The van der Waals surface area contributed by atoms with Crippen molar-refractivity contribution >= 4 is 39.4 Å². The van der Waals surface area contributed by atoms with Crippen LogP contribution in [0.4, 0.5) is 21.8 Å². The molecule has 3 N–H and O–H groups in total. The van der Waals surface area contributed by atoms with Crippen LogP contribution in [-0.4, -0.2) is 46.8 Å². The largest absolute Gasteiger partial charge is 0.372 e. The number of nitrogens with one attached hydrogen (secondary N) is 3. The van der Waals surface area contributed by atoms with Crippen LogP contribution in [0, 0.1) is 12.7 Å². The number of aromatic nitrogens is 8. The van der Waals surface area contributed by atoms with Crippen molar-refractivity contribution < 1.29 is 4.39 Å². The van der Waals surface area contributed by atoms with Crippen molar-refractivity contribution in [2.45, 2.75) is 26.8 Å². The monoisotopic (exact) mass is 434 g/mol. The molecule has 4 aromatic heterocycles. The van der Waals surface area contributed by atoms with E-state index < -0.39 is 0 Å². The SMILES string of the molecule is CNc1nc(Nc2cn(C)nc2C)nc2c1c(-c1ccc(F)c3[nH]ncc13)nn2C(C)C. The first-order chi connectivity index (χ1) is 15.4. The lowest BCUT2D eigenvalue weighted by molar-refractivity contribution is 0.548. The van der Waals surface area contributed by atoms with E-state index in [2.05, 4.69) is 30.9 Å². The molecule has 0 amide bonds. The number of aryl methyl sites for hydroxylation is 2. The van der Waals surface area contributed by atoms with Crippen LogP contribution in [0.5, 0.6) is 0 Å². The summed E-state index contributed by atoms with van der Waals surface area (Å²) < 4.78 is 17.8. The number of nitrogens with zero attached hydrogens (tertiary/aromatic N) is 7. The third-order valence-electron chi connectivity index (χ3n) is 5.36. The molecule has 0 aliphatic carbocycles. The molecule has 0 bridgehead atoms. The van der Waals surface area contributed by atoms with E-state index >= 15 is 0 Å². The average Bonchev–Trinajstić information content (AvgIpc) is 3.46. The third-order valence-corrected chi connectivity index (χ3v) is 5.36. The van der Waals surface area contributed by atoms with Gasteiger partial charge in [0.05, 0.1) is 23.0 Å². The predicted octanol–water partition coefficient (Wildman–Crippen LogP) is 3.92. The lowest BCUT2D eigenvalue weighted by atomic mass is 10.0. The molecule has 1 aromatic carbocycles. The molecule has 0 atom stereocenters. The summed E-state index contributed by atoms with van der Waals surface area (Å²) in [6.07, 6.45) is 3.48. The van der Waals surface area contributed by atoms with Gasteiger partial charge in [-0.15, -0.1) is 0 Å². The smallest absolute Gasteiger partial charge is 0.231 e. The standard InChI is InChI=1S/C21H23FN10/c1-10(2)32-20-16(18(30-32)12-6-7-14(22)17-13(12)8-24-28-17)19(23-4)26-21(27-20)25-15-9-31(5)29-11(15)3/h6-10H,1-5H3,(H,24,28)(H2,23,25,26,27). The summed E-state index contributed by atoms with van der Waals surface area (Å²) in [7, 11) is 3.66. The van der Waals surface area contributed by atoms with Crippen LogP contribution >= 0.6 is 0 Å². The number of aromatic amines is 1. The normalized spacial score (nSPS) is 11.7. The Labute approximate surface area is 182 Å². The van der Waals surface area contributed by atoms with Gasteiger partial charge in [-0.3, -0.25) is 9.78 Å². The Balaban J connectivity index is 1.76. The van der Waals surface area contributed by atoms with E-state index in [9.17, 15) is 4.39 Å². The van der Waals surface area contributed by atoms with Crippen molar-refractivity contribution in [1.29, 1.82) is 0 Å². The highest BCUT2D eigenvalue weighted by atomic mass is 19.1. The molecule has 10 nitrogen and oxygen atoms in total. The number of rotatable bonds is 5. The van der Waals surface area contributed by atoms with Crippen LogP contribution in [0.2, 0.25) is 0 Å². The summed E-state index contributed by atoms with van der Waals surface area (Å²) in [5.41, 5.74) is 4.08. The van der Waals surface area contributed by atoms with Gasteiger partial charge in [-0.25, -0.2) is 9.07 Å². The van der Waals surface area contributed by atoms with Crippen molar-refractivity contribution in [3.05, 3.63) is 36.0 Å². The van der Waals surface area contributed by atoms with Crippen LogP contribution in [0.25, 0.3) is 33.2 Å². The minimum absolute atomic E-state index is 0.0409. The molecule has 0 fully saturated rings. The van der Waals surface area contributed by atoms with E-state index in [-0.39, 0.29) is 11.9 Å². The second-order valence-corrected chi connectivity index (χ2v) is 7.91. The van der Waals surface area contributed by atoms with E-state index in [0.717, 1.165) is 22.3 Å². The fraction of sp³-hybridized carbons (Fsp3) is 0.286. The number of hydrogen-bond acceptors (Lipinski definition) is 7. The zero-order valence-electron chi connectivity index (χ0n) is 18.4. The maximum Gasteiger partial charge on any atom is 0.231 e. The number of fused-ring (bicyclic) bond motifs is 2. The minimum atomic E-state index is -0.364. The van der Waals surface area contributed by atoms with Gasteiger partial charge in [0.15, 0.2) is 5.65 Å². The van der Waals surface area contributed by atoms with Gasteiger partial charge in [0.1, 0.15) is 22.8 Å². The summed E-state index contributed by atoms with van der Waals surface area (Å²) in [6, 6.07) is 3.17. The average molecular weight is 434 g/mol. The lowest BCUT2D eigenvalue weighted by Gasteiger charge is -2.10. The summed E-state index contributed by atoms with van der Waals surface area (Å²) in [5, 5.41) is 23.8. The van der Waals surface area contributed by atoms with Crippen LogP contribution in [0.15, 0.2) is 24.5 Å². The summed E-state index contributed by atoms with van der Waals surface area (Å²) >= 11 is 0. The number of anilines is 3. The quantitative estimate of drug-likeness (QED) is 0.384. The van der Waals surface area contributed by atoms with Gasteiger partial charge < -0.3 is 10.6 Å². The van der Waals surface area contributed by atoms with Gasteiger partial charge in [-0.05, 0) is 32.9 Å². The van der Waals surface area contributed by atoms with E-state index in [0.29, 0.717) is 34.0 Å². The fourth-order valence-corrected chi connectivity index (χ4v) is 3.87. The molecular formula is C21H23FN10. The van der Waals surface area contributed by atoms with Gasteiger partial charge in [0, 0.05) is 37.3 Å². The highest BCUT2D eigenvalue weighted by Gasteiger charge is 2.23. The van der Waals surface area contributed by atoms with Crippen molar-refractivity contribution in [3.8, 4) is 11.3 Å². The second kappa shape index (κ2) is 7.29. The van der Waals surface area contributed by atoms with Crippen molar-refractivity contribution in [2.24, 2.45) is 7.05 Å². The highest BCUT2D eigenvalue weighted by molar-refractivity contribution is 6.06. The van der Waals surface area contributed by atoms with Crippen LogP contribution in [-0.2, 0) is 7.05 Å². The summed E-state index contributed by atoms with van der Waals surface area (Å²) in [4.78, 5) is 9.47. The Morgan fingerprint density at radius 3 is 2.66 bits per heavy atom. The minimum Gasteiger partial charge on any atom is -0.372 e. The van der Waals surface area contributed by atoms with Gasteiger partial charge in [-0.1, -0.05) is 0 Å². The molecular weight excluding hydrogens is 411 g/mol. The molecule has 0 saturated carbocycles. The number of benzene rings is 1. The van der Waals surface area contributed by atoms with Crippen molar-refractivity contribution in [1.82, 2.24) is 39.7 Å². The van der Waals surface area contributed by atoms with Crippen molar-refractivity contribution in [3.63, 3.8) is 0 Å². The first-order valence-corrected chi connectivity index (χ1v) is 10.2. The molecule has 32 heavy (non-hydrogen) atoms. The Morgan fingerprint density at radius 2 is 1.97 bits per heavy atom. The van der Waals surface area contributed by atoms with E-state index in [1.54, 1.807) is 24.0 Å². The lowest BCUT2D eigenvalue weighted by Crippen LogP contribution is -2.07. The first kappa shape index (κ1) is 19.9. The molecule has 0 aliphatic heterocycles. The summed E-state index contributed by atoms with van der Waals surface area (Å²) in [5.74, 6) is 0.679. The topological polar surface area (TPSA) is 114 Å². The Hall–Kier alpha value is -4.02. The molecule has 4 heterocycles. The Morgan fingerprint density at radius 1 is 1.16 bits per heavy atom. The van der Waals surface area contributed by atoms with E-state index in [1.165, 1.54) is 6.07 Å². The van der Waals surface area contributed by atoms with E-state index in [4.69, 9.17) is 10.1 Å². The van der Waals surface area contributed by atoms with Crippen molar-refractivity contribution in [2.75, 3.05) is 17.7 Å². The molecule has 5 rings (SSSR count). The molecule has 0 saturated heterocycles. The van der Waals surface area contributed by atoms with Gasteiger partial charge in [-0.2, -0.15) is 25.3 Å². The fourth-order valence-electron chi connectivity index (χ4n) is 3.87. The van der Waals surface area contributed by atoms with Gasteiger partial charge in [0.25, 0.3) is 0 Å². The van der Waals surface area contributed by atoms with Crippen LogP contribution < -0.4 is 10.6 Å². The zero-order chi connectivity index (χ0) is 22.6. The predicted molar refractivity (Wildman–Crippen MR) is 122 cm³/mol. The number of H-pyrrole nitrogens is 1. The molecule has 0 radical (unpaired) electrons. The maximum absolute atomic E-state index is 14.3. The summed E-state index contributed by atoms with van der Waals surface area (Å²) in [6.45, 7) is 5.99. The molecule has 164 valence electrons. The van der Waals surface area contributed by atoms with Gasteiger partial charge >= 0.3 is 0 Å². The molecule has 11 heteroatoms. The van der Waals surface area contributed by atoms with Crippen LogP contribution in [0.3, 0.4) is 0 Å². The maximum atomic E-state index is 14.3. The Bertz CT molecular complexity index is 1460.